The molecule has 1 nitrogen and oxygen atoms in total. The molecule has 0 aliphatic heterocycles. The fraction of sp³-hybridized carbons (Fsp3) is 0.800. The van der Waals surface area contributed by atoms with Crippen LogP contribution in [-0.2, 0) is 5.11 Å². The summed E-state index contributed by atoms with van der Waals surface area (Å²) in [7, 11) is 0. The minimum Gasteiger partial charge on any atom is -0.229 e. The molecule has 1 heteroatoms. The third-order valence-electron chi connectivity index (χ3n) is 1.73. The molecule has 65 valence electrons. The second-order valence-electron chi connectivity index (χ2n) is 2.87. The van der Waals surface area contributed by atoms with E-state index in [0.29, 0.717) is 6.42 Å². The first-order valence-corrected chi connectivity index (χ1v) is 4.63. The van der Waals surface area contributed by atoms with Crippen molar-refractivity contribution >= 4 is 0 Å². The fourth-order valence-electron chi connectivity index (χ4n) is 0.896. The standard InChI is InChI=1S/C10H19O/c1-3-5-6-7-8-9-10(11)4-2/h8-10H,3-7H2,1-2H3/b9-8+. The van der Waals surface area contributed by atoms with Gasteiger partial charge in [-0.25, -0.2) is 5.11 Å². The van der Waals surface area contributed by atoms with Crippen molar-refractivity contribution < 1.29 is 5.11 Å². The smallest absolute Gasteiger partial charge is 0.111 e. The van der Waals surface area contributed by atoms with Crippen molar-refractivity contribution in [3.05, 3.63) is 12.2 Å². The normalized spacial score (nSPS) is 14.1. The molecule has 0 aromatic heterocycles. The van der Waals surface area contributed by atoms with E-state index in [0.717, 1.165) is 6.42 Å². The highest BCUT2D eigenvalue weighted by atomic mass is 16.3. The van der Waals surface area contributed by atoms with Crippen LogP contribution in [0.3, 0.4) is 0 Å². The maximum absolute atomic E-state index is 10.8. The van der Waals surface area contributed by atoms with Crippen LogP contribution in [0.4, 0.5) is 0 Å². The number of hydrogen-bond donors (Lipinski definition) is 0. The van der Waals surface area contributed by atoms with Gasteiger partial charge in [0.2, 0.25) is 0 Å². The summed E-state index contributed by atoms with van der Waals surface area (Å²) in [6, 6.07) is 0. The van der Waals surface area contributed by atoms with Gasteiger partial charge >= 0.3 is 0 Å². The Morgan fingerprint density at radius 2 is 2.00 bits per heavy atom. The van der Waals surface area contributed by atoms with Crippen LogP contribution in [-0.4, -0.2) is 6.10 Å². The predicted octanol–water partition coefficient (Wildman–Crippen LogP) is 3.33. The van der Waals surface area contributed by atoms with Crippen molar-refractivity contribution in [2.24, 2.45) is 0 Å². The molecule has 0 aliphatic rings. The van der Waals surface area contributed by atoms with Crippen LogP contribution in [0.2, 0.25) is 0 Å². The molecule has 1 atom stereocenters. The van der Waals surface area contributed by atoms with E-state index in [-0.39, 0.29) is 0 Å². The average Bonchev–Trinajstić information content (AvgIpc) is 2.04. The fourth-order valence-corrected chi connectivity index (χ4v) is 0.896. The third-order valence-corrected chi connectivity index (χ3v) is 1.73. The zero-order valence-electron chi connectivity index (χ0n) is 7.68. The quantitative estimate of drug-likeness (QED) is 0.414. The Bertz CT molecular complexity index is 97.0. The van der Waals surface area contributed by atoms with E-state index in [1.807, 2.05) is 13.0 Å². The summed E-state index contributed by atoms with van der Waals surface area (Å²) in [6.07, 6.45) is 8.88. The molecule has 1 unspecified atom stereocenters. The number of hydrogen-bond acceptors (Lipinski definition) is 0. The Hall–Kier alpha value is -0.300. The maximum Gasteiger partial charge on any atom is 0.111 e. The lowest BCUT2D eigenvalue weighted by Gasteiger charge is -1.95. The monoisotopic (exact) mass is 155 g/mol. The van der Waals surface area contributed by atoms with E-state index in [1.54, 1.807) is 6.08 Å². The van der Waals surface area contributed by atoms with Crippen LogP contribution in [0, 0.1) is 0 Å². The Labute approximate surface area is 70.1 Å². The minimum absolute atomic E-state index is 0.475. The molecule has 11 heavy (non-hydrogen) atoms. The van der Waals surface area contributed by atoms with Crippen LogP contribution >= 0.6 is 0 Å². The molecule has 0 aromatic rings. The predicted molar refractivity (Wildman–Crippen MR) is 48.0 cm³/mol. The van der Waals surface area contributed by atoms with Crippen molar-refractivity contribution in [3.63, 3.8) is 0 Å². The SMILES string of the molecule is CCCCC/C=C/C([O])CC. The second-order valence-corrected chi connectivity index (χ2v) is 2.87. The molecule has 0 fully saturated rings. The molecular formula is C10H19O. The summed E-state index contributed by atoms with van der Waals surface area (Å²) in [5, 5.41) is 10.8. The van der Waals surface area contributed by atoms with Gasteiger partial charge in [-0.05, 0) is 19.3 Å². The molecule has 0 aromatic carbocycles. The summed E-state index contributed by atoms with van der Waals surface area (Å²) < 4.78 is 0. The molecule has 0 saturated carbocycles. The van der Waals surface area contributed by atoms with Gasteiger partial charge in [-0.3, -0.25) is 0 Å². The first-order valence-electron chi connectivity index (χ1n) is 4.63. The van der Waals surface area contributed by atoms with E-state index in [2.05, 4.69) is 6.92 Å². The van der Waals surface area contributed by atoms with E-state index < -0.39 is 6.10 Å². The van der Waals surface area contributed by atoms with Crippen molar-refractivity contribution in [1.82, 2.24) is 0 Å². The van der Waals surface area contributed by atoms with E-state index in [4.69, 9.17) is 0 Å². The van der Waals surface area contributed by atoms with Gasteiger partial charge in [0, 0.05) is 0 Å². The van der Waals surface area contributed by atoms with Crippen molar-refractivity contribution in [2.75, 3.05) is 0 Å². The number of allylic oxidation sites excluding steroid dienone is 1. The van der Waals surface area contributed by atoms with Crippen LogP contribution in [0.5, 0.6) is 0 Å². The topological polar surface area (TPSA) is 19.9 Å². The summed E-state index contributed by atoms with van der Waals surface area (Å²) in [5.74, 6) is 0. The van der Waals surface area contributed by atoms with Crippen LogP contribution in [0.25, 0.3) is 0 Å². The molecule has 0 N–H and O–H groups in total. The molecule has 0 saturated heterocycles. The Balaban J connectivity index is 3.15. The Kier molecular flexibility index (Phi) is 7.59. The van der Waals surface area contributed by atoms with Gasteiger partial charge in [0.05, 0.1) is 0 Å². The highest BCUT2D eigenvalue weighted by Crippen LogP contribution is 2.01. The highest BCUT2D eigenvalue weighted by molar-refractivity contribution is 4.87. The lowest BCUT2D eigenvalue weighted by Crippen LogP contribution is -1.95. The molecule has 0 rings (SSSR count). The van der Waals surface area contributed by atoms with Crippen molar-refractivity contribution in [3.8, 4) is 0 Å². The summed E-state index contributed by atoms with van der Waals surface area (Å²) in [5.41, 5.74) is 0. The summed E-state index contributed by atoms with van der Waals surface area (Å²) in [4.78, 5) is 0. The molecular weight excluding hydrogens is 136 g/mol. The molecule has 0 aliphatic carbocycles. The lowest BCUT2D eigenvalue weighted by molar-refractivity contribution is 0.126. The molecule has 1 radical (unpaired) electrons. The Morgan fingerprint density at radius 3 is 2.55 bits per heavy atom. The second kappa shape index (κ2) is 7.80. The van der Waals surface area contributed by atoms with Gasteiger partial charge in [0.15, 0.2) is 0 Å². The summed E-state index contributed by atoms with van der Waals surface area (Å²) >= 11 is 0. The van der Waals surface area contributed by atoms with Crippen LogP contribution in [0.1, 0.15) is 46.0 Å². The zero-order valence-corrected chi connectivity index (χ0v) is 7.68. The molecule has 0 amide bonds. The molecule has 0 spiro atoms. The molecule has 0 heterocycles. The first-order chi connectivity index (χ1) is 5.31. The Morgan fingerprint density at radius 1 is 1.27 bits per heavy atom. The van der Waals surface area contributed by atoms with Crippen molar-refractivity contribution in [1.29, 1.82) is 0 Å². The van der Waals surface area contributed by atoms with Crippen LogP contribution in [0.15, 0.2) is 12.2 Å². The summed E-state index contributed by atoms with van der Waals surface area (Å²) in [6.45, 7) is 4.11. The number of rotatable bonds is 6. The van der Waals surface area contributed by atoms with E-state index >= 15 is 0 Å². The number of unbranched alkanes of at least 4 members (excludes halogenated alkanes) is 3. The zero-order chi connectivity index (χ0) is 8.53. The highest BCUT2D eigenvalue weighted by Gasteiger charge is 1.93. The van der Waals surface area contributed by atoms with Gasteiger partial charge in [-0.1, -0.05) is 38.8 Å². The van der Waals surface area contributed by atoms with Gasteiger partial charge in [0.1, 0.15) is 6.10 Å². The van der Waals surface area contributed by atoms with Gasteiger partial charge in [0.25, 0.3) is 0 Å². The van der Waals surface area contributed by atoms with Crippen molar-refractivity contribution in [2.45, 2.75) is 52.1 Å². The van der Waals surface area contributed by atoms with Gasteiger partial charge < -0.3 is 0 Å². The first kappa shape index (κ1) is 10.7. The molecule has 0 bridgehead atoms. The minimum atomic E-state index is -0.475. The van der Waals surface area contributed by atoms with E-state index in [1.165, 1.54) is 19.3 Å². The van der Waals surface area contributed by atoms with Crippen LogP contribution < -0.4 is 0 Å². The third kappa shape index (κ3) is 7.60. The lowest BCUT2D eigenvalue weighted by atomic mass is 10.2. The average molecular weight is 155 g/mol. The van der Waals surface area contributed by atoms with Gasteiger partial charge in [-0.2, -0.15) is 0 Å². The largest absolute Gasteiger partial charge is 0.229 e. The van der Waals surface area contributed by atoms with E-state index in [9.17, 15) is 5.11 Å². The van der Waals surface area contributed by atoms with Gasteiger partial charge in [-0.15, -0.1) is 0 Å². The maximum atomic E-state index is 10.8.